The molecule has 0 radical (unpaired) electrons. The number of aromatic nitrogens is 3. The van der Waals surface area contributed by atoms with Gasteiger partial charge in [0.1, 0.15) is 11.3 Å². The van der Waals surface area contributed by atoms with E-state index in [1.807, 2.05) is 68.4 Å². The van der Waals surface area contributed by atoms with Crippen LogP contribution in [0.4, 0.5) is 0 Å². The van der Waals surface area contributed by atoms with Gasteiger partial charge in [-0.3, -0.25) is 20.4 Å². The second-order valence-corrected chi connectivity index (χ2v) is 6.99. The third-order valence-corrected chi connectivity index (χ3v) is 4.67. The summed E-state index contributed by atoms with van der Waals surface area (Å²) in [5.74, 6) is -0.425. The first-order valence-corrected chi connectivity index (χ1v) is 9.71. The summed E-state index contributed by atoms with van der Waals surface area (Å²) in [5.41, 5.74) is 8.94. The number of aryl methyl sites for hydroxylation is 2. The standard InChI is InChI=1S/C23H21N5O3/c1-15-12-16(2)28-22(25-15)19(13-24-28)23(30)27-26-21(29)14-31-20-11-7-6-10-18(20)17-8-4-3-5-9-17/h3-13H,14H2,1-2H3,(H,26,29)(H,27,30). The Morgan fingerprint density at radius 2 is 1.74 bits per heavy atom. The molecule has 8 nitrogen and oxygen atoms in total. The first-order valence-electron chi connectivity index (χ1n) is 9.71. The quantitative estimate of drug-likeness (QED) is 0.489. The van der Waals surface area contributed by atoms with E-state index in [-0.39, 0.29) is 12.2 Å². The summed E-state index contributed by atoms with van der Waals surface area (Å²) < 4.78 is 7.26. The number of para-hydroxylation sites is 1. The van der Waals surface area contributed by atoms with Crippen LogP contribution >= 0.6 is 0 Å². The SMILES string of the molecule is Cc1cc(C)n2ncc(C(=O)NNC(=O)COc3ccccc3-c3ccccc3)c2n1. The van der Waals surface area contributed by atoms with Crippen LogP contribution in [0.3, 0.4) is 0 Å². The molecule has 2 aromatic carbocycles. The topological polar surface area (TPSA) is 97.6 Å². The van der Waals surface area contributed by atoms with Gasteiger partial charge in [-0.05, 0) is 31.5 Å². The van der Waals surface area contributed by atoms with Gasteiger partial charge in [0, 0.05) is 17.0 Å². The highest BCUT2D eigenvalue weighted by molar-refractivity contribution is 6.00. The number of carbonyl (C=O) groups is 2. The molecule has 31 heavy (non-hydrogen) atoms. The molecule has 2 amide bonds. The van der Waals surface area contributed by atoms with Crippen molar-refractivity contribution in [3.8, 4) is 16.9 Å². The van der Waals surface area contributed by atoms with Crippen LogP contribution in [0.15, 0.2) is 66.9 Å². The predicted molar refractivity (Wildman–Crippen MR) is 115 cm³/mol. The second kappa shape index (κ2) is 8.66. The molecule has 4 rings (SSSR count). The van der Waals surface area contributed by atoms with Gasteiger partial charge < -0.3 is 4.74 Å². The van der Waals surface area contributed by atoms with Crippen molar-refractivity contribution < 1.29 is 14.3 Å². The van der Waals surface area contributed by atoms with Crippen LogP contribution in [0, 0.1) is 13.8 Å². The largest absolute Gasteiger partial charge is 0.483 e. The number of nitrogens with one attached hydrogen (secondary N) is 2. The van der Waals surface area contributed by atoms with Gasteiger partial charge in [-0.2, -0.15) is 5.10 Å². The molecule has 2 aromatic heterocycles. The fourth-order valence-electron chi connectivity index (χ4n) is 3.25. The van der Waals surface area contributed by atoms with Gasteiger partial charge in [0.25, 0.3) is 11.8 Å². The van der Waals surface area contributed by atoms with E-state index >= 15 is 0 Å². The van der Waals surface area contributed by atoms with Crippen molar-refractivity contribution in [1.29, 1.82) is 0 Å². The first-order chi connectivity index (χ1) is 15.0. The Bertz CT molecular complexity index is 1250. The highest BCUT2D eigenvalue weighted by Gasteiger charge is 2.16. The van der Waals surface area contributed by atoms with Crippen molar-refractivity contribution in [3.05, 3.63) is 83.8 Å². The maximum absolute atomic E-state index is 12.5. The summed E-state index contributed by atoms with van der Waals surface area (Å²) in [6.07, 6.45) is 1.42. The summed E-state index contributed by atoms with van der Waals surface area (Å²) in [6.45, 7) is 3.46. The molecule has 4 aromatic rings. The van der Waals surface area contributed by atoms with Gasteiger partial charge in [-0.25, -0.2) is 9.50 Å². The zero-order valence-corrected chi connectivity index (χ0v) is 17.1. The summed E-state index contributed by atoms with van der Waals surface area (Å²) in [5, 5.41) is 4.18. The zero-order chi connectivity index (χ0) is 21.8. The van der Waals surface area contributed by atoms with Crippen molar-refractivity contribution in [2.45, 2.75) is 13.8 Å². The van der Waals surface area contributed by atoms with E-state index in [2.05, 4.69) is 20.9 Å². The molecular formula is C23H21N5O3. The van der Waals surface area contributed by atoms with E-state index in [4.69, 9.17) is 4.74 Å². The summed E-state index contributed by atoms with van der Waals surface area (Å²) in [4.78, 5) is 29.1. The lowest BCUT2D eigenvalue weighted by atomic mass is 10.1. The van der Waals surface area contributed by atoms with Gasteiger partial charge in [0.15, 0.2) is 12.3 Å². The number of carbonyl (C=O) groups excluding carboxylic acids is 2. The van der Waals surface area contributed by atoms with Crippen LogP contribution in [-0.2, 0) is 4.79 Å². The Morgan fingerprint density at radius 3 is 2.55 bits per heavy atom. The van der Waals surface area contributed by atoms with E-state index in [1.165, 1.54) is 6.20 Å². The van der Waals surface area contributed by atoms with Crippen molar-refractivity contribution in [2.24, 2.45) is 0 Å². The average Bonchev–Trinajstić information content (AvgIpc) is 3.21. The van der Waals surface area contributed by atoms with Crippen LogP contribution in [0.2, 0.25) is 0 Å². The summed E-state index contributed by atoms with van der Waals surface area (Å²) >= 11 is 0. The Morgan fingerprint density at radius 1 is 1.00 bits per heavy atom. The molecule has 0 aliphatic carbocycles. The van der Waals surface area contributed by atoms with Crippen LogP contribution in [-0.4, -0.2) is 33.0 Å². The zero-order valence-electron chi connectivity index (χ0n) is 17.1. The minimum Gasteiger partial charge on any atom is -0.483 e. The molecule has 8 heteroatoms. The fraction of sp³-hybridized carbons (Fsp3) is 0.130. The molecule has 0 fully saturated rings. The monoisotopic (exact) mass is 415 g/mol. The smallest absolute Gasteiger partial charge is 0.276 e. The predicted octanol–water partition coefficient (Wildman–Crippen LogP) is 2.85. The van der Waals surface area contributed by atoms with Crippen molar-refractivity contribution in [2.75, 3.05) is 6.61 Å². The number of ether oxygens (including phenoxy) is 1. The number of hydrogen-bond donors (Lipinski definition) is 2. The number of fused-ring (bicyclic) bond motifs is 1. The lowest BCUT2D eigenvalue weighted by Gasteiger charge is -2.12. The van der Waals surface area contributed by atoms with Gasteiger partial charge in [0.2, 0.25) is 0 Å². The van der Waals surface area contributed by atoms with Crippen molar-refractivity contribution in [3.63, 3.8) is 0 Å². The third-order valence-electron chi connectivity index (χ3n) is 4.67. The Kier molecular flexibility index (Phi) is 5.61. The Labute approximate surface area is 178 Å². The van der Waals surface area contributed by atoms with Crippen molar-refractivity contribution >= 4 is 17.5 Å². The average molecular weight is 415 g/mol. The summed E-state index contributed by atoms with van der Waals surface area (Å²) in [6, 6.07) is 19.1. The Hall–Kier alpha value is -4.20. The van der Waals surface area contributed by atoms with E-state index in [9.17, 15) is 9.59 Å². The molecule has 0 unspecified atom stereocenters. The van der Waals surface area contributed by atoms with Crippen LogP contribution < -0.4 is 15.6 Å². The molecule has 0 aliphatic rings. The Balaban J connectivity index is 1.38. The molecule has 0 saturated carbocycles. The van der Waals surface area contributed by atoms with E-state index in [0.717, 1.165) is 22.5 Å². The molecular weight excluding hydrogens is 394 g/mol. The maximum Gasteiger partial charge on any atom is 0.276 e. The third kappa shape index (κ3) is 4.37. The summed E-state index contributed by atoms with van der Waals surface area (Å²) in [7, 11) is 0. The molecule has 156 valence electrons. The molecule has 0 saturated heterocycles. The molecule has 0 bridgehead atoms. The van der Waals surface area contributed by atoms with Crippen LogP contribution in [0.5, 0.6) is 5.75 Å². The lowest BCUT2D eigenvalue weighted by Crippen LogP contribution is -2.43. The molecule has 0 aliphatic heterocycles. The molecule has 2 heterocycles. The number of nitrogens with zero attached hydrogens (tertiary/aromatic N) is 3. The minimum absolute atomic E-state index is 0.255. The van der Waals surface area contributed by atoms with Gasteiger partial charge >= 0.3 is 0 Å². The normalized spacial score (nSPS) is 10.6. The second-order valence-electron chi connectivity index (χ2n) is 6.99. The lowest BCUT2D eigenvalue weighted by molar-refractivity contribution is -0.123. The molecule has 0 spiro atoms. The van der Waals surface area contributed by atoms with E-state index in [0.29, 0.717) is 11.4 Å². The highest BCUT2D eigenvalue weighted by atomic mass is 16.5. The first kappa shape index (κ1) is 20.1. The highest BCUT2D eigenvalue weighted by Crippen LogP contribution is 2.29. The molecule has 0 atom stereocenters. The van der Waals surface area contributed by atoms with E-state index in [1.54, 1.807) is 10.6 Å². The van der Waals surface area contributed by atoms with Gasteiger partial charge in [0.05, 0.1) is 6.20 Å². The number of benzene rings is 2. The number of rotatable bonds is 5. The van der Waals surface area contributed by atoms with Crippen LogP contribution in [0.1, 0.15) is 21.7 Å². The van der Waals surface area contributed by atoms with Gasteiger partial charge in [-0.15, -0.1) is 0 Å². The number of hydrazine groups is 1. The van der Waals surface area contributed by atoms with Crippen LogP contribution in [0.25, 0.3) is 16.8 Å². The van der Waals surface area contributed by atoms with Crippen molar-refractivity contribution in [1.82, 2.24) is 25.4 Å². The van der Waals surface area contributed by atoms with E-state index < -0.39 is 11.8 Å². The van der Waals surface area contributed by atoms with Gasteiger partial charge in [-0.1, -0.05) is 48.5 Å². The number of hydrogen-bond acceptors (Lipinski definition) is 5. The maximum atomic E-state index is 12.5. The fourth-order valence-corrected chi connectivity index (χ4v) is 3.25. The minimum atomic E-state index is -0.509. The number of amides is 2. The molecule has 2 N–H and O–H groups in total.